The van der Waals surface area contributed by atoms with Crippen LogP contribution in [0.1, 0.15) is 18.8 Å². The van der Waals surface area contributed by atoms with Crippen LogP contribution in [0.3, 0.4) is 0 Å². The molecule has 1 atom stereocenters. The number of aryl methyl sites for hydroxylation is 1. The van der Waals surface area contributed by atoms with Crippen molar-refractivity contribution in [3.05, 3.63) is 57.2 Å². The second kappa shape index (κ2) is 5.81. The predicted molar refractivity (Wildman–Crippen MR) is 94.6 cm³/mol. The number of nitrogens with zero attached hydrogens (tertiary/aromatic N) is 2. The molecule has 0 amide bonds. The van der Waals surface area contributed by atoms with E-state index in [0.717, 1.165) is 31.5 Å². The van der Waals surface area contributed by atoms with Crippen LogP contribution in [0.25, 0.3) is 11.0 Å². The lowest BCUT2D eigenvalue weighted by Gasteiger charge is -2.16. The van der Waals surface area contributed by atoms with E-state index in [4.69, 9.17) is 4.98 Å². The summed E-state index contributed by atoms with van der Waals surface area (Å²) in [5.41, 5.74) is 3.22. The second-order valence-corrected chi connectivity index (χ2v) is 6.78. The van der Waals surface area contributed by atoms with E-state index in [9.17, 15) is 0 Å². The maximum atomic E-state index is 4.73. The molecule has 0 spiro atoms. The summed E-state index contributed by atoms with van der Waals surface area (Å²) in [7, 11) is 2.05. The normalized spacial score (nSPS) is 12.6. The largest absolute Gasteiger partial charge is 0.374 e. The average molecular weight is 409 g/mol. The molecule has 0 fully saturated rings. The average Bonchev–Trinajstić information content (AvgIpc) is 2.81. The maximum absolute atomic E-state index is 4.73. The fourth-order valence-electron chi connectivity index (χ4n) is 2.46. The summed E-state index contributed by atoms with van der Waals surface area (Å²) in [4.78, 5) is 4.73. The van der Waals surface area contributed by atoms with Gasteiger partial charge in [0.05, 0.1) is 22.8 Å². The maximum Gasteiger partial charge on any atom is 0.131 e. The van der Waals surface area contributed by atoms with E-state index >= 15 is 0 Å². The smallest absolute Gasteiger partial charge is 0.131 e. The quantitative estimate of drug-likeness (QED) is 0.639. The van der Waals surface area contributed by atoms with Crippen LogP contribution in [0, 0.1) is 0 Å². The number of hydrogen-bond acceptors (Lipinski definition) is 2. The van der Waals surface area contributed by atoms with Gasteiger partial charge in [-0.3, -0.25) is 0 Å². The summed E-state index contributed by atoms with van der Waals surface area (Å²) >= 11 is 7.08. The standard InChI is InChI=1S/C16H15Br2N3/c1-10(19-14-9-11(17)7-8-12(14)18)16-20-13-5-3-4-6-15(13)21(16)2/h3-10,19H,1-2H3. The molecule has 0 bridgehead atoms. The molecule has 108 valence electrons. The van der Waals surface area contributed by atoms with Crippen LogP contribution in [-0.2, 0) is 7.05 Å². The lowest BCUT2D eigenvalue weighted by Crippen LogP contribution is -2.12. The van der Waals surface area contributed by atoms with Gasteiger partial charge in [-0.2, -0.15) is 0 Å². The van der Waals surface area contributed by atoms with Gasteiger partial charge in [-0.05, 0) is 53.2 Å². The highest BCUT2D eigenvalue weighted by Crippen LogP contribution is 2.30. The highest BCUT2D eigenvalue weighted by atomic mass is 79.9. The minimum absolute atomic E-state index is 0.105. The van der Waals surface area contributed by atoms with Crippen molar-refractivity contribution in [1.82, 2.24) is 9.55 Å². The third-order valence-electron chi connectivity index (χ3n) is 3.51. The van der Waals surface area contributed by atoms with Crippen molar-refractivity contribution in [2.45, 2.75) is 13.0 Å². The van der Waals surface area contributed by atoms with Crippen molar-refractivity contribution in [3.63, 3.8) is 0 Å². The van der Waals surface area contributed by atoms with E-state index in [1.165, 1.54) is 0 Å². The SMILES string of the molecule is CC(Nc1cc(Br)ccc1Br)c1nc2ccccc2n1C. The van der Waals surface area contributed by atoms with Crippen molar-refractivity contribution in [3.8, 4) is 0 Å². The number of hydrogen-bond donors (Lipinski definition) is 1. The Morgan fingerprint density at radius 3 is 2.67 bits per heavy atom. The minimum Gasteiger partial charge on any atom is -0.374 e. The summed E-state index contributed by atoms with van der Waals surface area (Å²) in [6, 6.07) is 14.4. The molecule has 0 saturated heterocycles. The molecular formula is C16H15Br2N3. The second-order valence-electron chi connectivity index (χ2n) is 5.01. The highest BCUT2D eigenvalue weighted by molar-refractivity contribution is 9.11. The zero-order valence-corrected chi connectivity index (χ0v) is 14.9. The fourth-order valence-corrected chi connectivity index (χ4v) is 3.18. The monoisotopic (exact) mass is 407 g/mol. The fraction of sp³-hybridized carbons (Fsp3) is 0.188. The van der Waals surface area contributed by atoms with E-state index in [1.54, 1.807) is 0 Å². The van der Waals surface area contributed by atoms with Crippen molar-refractivity contribution >= 4 is 48.6 Å². The zero-order chi connectivity index (χ0) is 15.0. The third-order valence-corrected chi connectivity index (χ3v) is 4.69. The van der Waals surface area contributed by atoms with Gasteiger partial charge in [0.25, 0.3) is 0 Å². The molecule has 3 nitrogen and oxygen atoms in total. The van der Waals surface area contributed by atoms with Gasteiger partial charge in [-0.25, -0.2) is 4.98 Å². The van der Waals surface area contributed by atoms with E-state index in [-0.39, 0.29) is 6.04 Å². The number of nitrogens with one attached hydrogen (secondary N) is 1. The molecule has 2 aromatic carbocycles. The molecule has 5 heteroatoms. The summed E-state index contributed by atoms with van der Waals surface area (Å²) in [5.74, 6) is 1.02. The van der Waals surface area contributed by atoms with Gasteiger partial charge >= 0.3 is 0 Å². The first-order chi connectivity index (χ1) is 10.1. The Balaban J connectivity index is 1.95. The Labute approximate surface area is 140 Å². The van der Waals surface area contributed by atoms with Crippen LogP contribution in [0.2, 0.25) is 0 Å². The molecular weight excluding hydrogens is 394 g/mol. The number of fused-ring (bicyclic) bond motifs is 1. The van der Waals surface area contributed by atoms with E-state index in [2.05, 4.69) is 67.8 Å². The first-order valence-electron chi connectivity index (χ1n) is 6.69. The Hall–Kier alpha value is -1.33. The van der Waals surface area contributed by atoms with Gasteiger partial charge in [0, 0.05) is 16.0 Å². The van der Waals surface area contributed by atoms with Crippen LogP contribution in [0.5, 0.6) is 0 Å². The lowest BCUT2D eigenvalue weighted by molar-refractivity contribution is 0.733. The van der Waals surface area contributed by atoms with Gasteiger partial charge in [0.1, 0.15) is 5.82 Å². The van der Waals surface area contributed by atoms with Gasteiger partial charge in [0.15, 0.2) is 0 Å². The minimum atomic E-state index is 0.105. The van der Waals surface area contributed by atoms with Gasteiger partial charge in [-0.1, -0.05) is 28.1 Å². The molecule has 0 aliphatic rings. The Morgan fingerprint density at radius 2 is 1.90 bits per heavy atom. The topological polar surface area (TPSA) is 29.9 Å². The molecule has 0 aliphatic heterocycles. The van der Waals surface area contributed by atoms with Crippen LogP contribution in [-0.4, -0.2) is 9.55 Å². The number of para-hydroxylation sites is 2. The van der Waals surface area contributed by atoms with Crippen molar-refractivity contribution in [2.24, 2.45) is 7.05 Å². The molecule has 0 aliphatic carbocycles. The van der Waals surface area contributed by atoms with Crippen LogP contribution < -0.4 is 5.32 Å². The Bertz CT molecular complexity index is 795. The predicted octanol–water partition coefficient (Wildman–Crippen LogP) is 5.27. The zero-order valence-electron chi connectivity index (χ0n) is 11.8. The van der Waals surface area contributed by atoms with Gasteiger partial charge < -0.3 is 9.88 Å². The van der Waals surface area contributed by atoms with Crippen molar-refractivity contribution in [1.29, 1.82) is 0 Å². The molecule has 21 heavy (non-hydrogen) atoms. The Kier molecular flexibility index (Phi) is 4.04. The van der Waals surface area contributed by atoms with Gasteiger partial charge in [0.2, 0.25) is 0 Å². The molecule has 1 unspecified atom stereocenters. The van der Waals surface area contributed by atoms with Gasteiger partial charge in [-0.15, -0.1) is 0 Å². The molecule has 3 aromatic rings. The van der Waals surface area contributed by atoms with Crippen LogP contribution in [0.15, 0.2) is 51.4 Å². The van der Waals surface area contributed by atoms with Crippen molar-refractivity contribution in [2.75, 3.05) is 5.32 Å². The molecule has 1 aromatic heterocycles. The lowest BCUT2D eigenvalue weighted by atomic mass is 10.2. The first kappa shape index (κ1) is 14.6. The van der Waals surface area contributed by atoms with E-state index < -0.39 is 0 Å². The third kappa shape index (κ3) is 2.85. The summed E-state index contributed by atoms with van der Waals surface area (Å²) in [5, 5.41) is 3.51. The number of aromatic nitrogens is 2. The molecule has 3 rings (SSSR count). The molecule has 0 radical (unpaired) electrons. The Morgan fingerprint density at radius 1 is 1.14 bits per heavy atom. The summed E-state index contributed by atoms with van der Waals surface area (Å²) in [6.45, 7) is 2.12. The van der Waals surface area contributed by atoms with Crippen LogP contribution >= 0.6 is 31.9 Å². The number of anilines is 1. The number of imidazole rings is 1. The van der Waals surface area contributed by atoms with E-state index in [0.29, 0.717) is 0 Å². The molecule has 1 heterocycles. The highest BCUT2D eigenvalue weighted by Gasteiger charge is 2.15. The first-order valence-corrected chi connectivity index (χ1v) is 8.28. The van der Waals surface area contributed by atoms with E-state index in [1.807, 2.05) is 30.3 Å². The van der Waals surface area contributed by atoms with Crippen molar-refractivity contribution < 1.29 is 0 Å². The number of halogens is 2. The molecule has 0 saturated carbocycles. The number of rotatable bonds is 3. The number of benzene rings is 2. The van der Waals surface area contributed by atoms with Crippen LogP contribution in [0.4, 0.5) is 5.69 Å². The molecule has 1 N–H and O–H groups in total. The summed E-state index contributed by atoms with van der Waals surface area (Å²) < 4.78 is 4.22. The summed E-state index contributed by atoms with van der Waals surface area (Å²) in [6.07, 6.45) is 0.